The van der Waals surface area contributed by atoms with Gasteiger partial charge in [-0.3, -0.25) is 4.79 Å². The third-order valence-corrected chi connectivity index (χ3v) is 5.04. The maximum absolute atomic E-state index is 12.9. The summed E-state index contributed by atoms with van der Waals surface area (Å²) in [6.07, 6.45) is 1.98. The van der Waals surface area contributed by atoms with Crippen LogP contribution in [-0.2, 0) is 22.5 Å². The highest BCUT2D eigenvalue weighted by Gasteiger charge is 2.40. The zero-order valence-electron chi connectivity index (χ0n) is 14.1. The Labute approximate surface area is 153 Å². The number of carbonyl (C=O) groups is 1. The van der Waals surface area contributed by atoms with Crippen molar-refractivity contribution in [1.29, 1.82) is 0 Å². The average molecular weight is 363 g/mol. The van der Waals surface area contributed by atoms with Crippen molar-refractivity contribution in [3.63, 3.8) is 0 Å². The lowest BCUT2D eigenvalue weighted by atomic mass is 9.89. The van der Waals surface area contributed by atoms with E-state index in [0.29, 0.717) is 39.1 Å². The molecule has 0 bridgehead atoms. The summed E-state index contributed by atoms with van der Waals surface area (Å²) in [6.45, 7) is 2.31. The van der Waals surface area contributed by atoms with E-state index in [9.17, 15) is 4.79 Å². The summed E-state index contributed by atoms with van der Waals surface area (Å²) >= 11 is 0. The molecule has 0 radical (unpaired) electrons. The molecule has 4 rings (SSSR count). The molecule has 2 aliphatic heterocycles. The Balaban J connectivity index is 0.00000182. The van der Waals surface area contributed by atoms with E-state index < -0.39 is 5.54 Å². The van der Waals surface area contributed by atoms with E-state index in [2.05, 4.69) is 6.07 Å². The van der Waals surface area contributed by atoms with Crippen LogP contribution in [0.3, 0.4) is 0 Å². The summed E-state index contributed by atoms with van der Waals surface area (Å²) in [5.41, 5.74) is 7.81. The number of carbonyl (C=O) groups excluding carboxylic acids is 1. The normalized spacial score (nSPS) is 19.0. The summed E-state index contributed by atoms with van der Waals surface area (Å²) in [4.78, 5) is 14.7. The van der Waals surface area contributed by atoms with Gasteiger partial charge in [0, 0.05) is 25.3 Å². The van der Waals surface area contributed by atoms with E-state index >= 15 is 0 Å². The van der Waals surface area contributed by atoms with Crippen LogP contribution in [0.2, 0.25) is 0 Å². The molecule has 1 amide bonds. The monoisotopic (exact) mass is 362 g/mol. The molecule has 0 aliphatic carbocycles. The fourth-order valence-electron chi connectivity index (χ4n) is 3.50. The molecule has 2 N–H and O–H groups in total. The second-order valence-corrected chi connectivity index (χ2v) is 6.67. The minimum atomic E-state index is -0.787. The van der Waals surface area contributed by atoms with Crippen molar-refractivity contribution in [2.75, 3.05) is 19.8 Å². The maximum atomic E-state index is 12.9. The van der Waals surface area contributed by atoms with Crippen LogP contribution in [0, 0.1) is 0 Å². The first kappa shape index (κ1) is 18.0. The highest BCUT2D eigenvalue weighted by atomic mass is 35.5. The van der Waals surface area contributed by atoms with Crippen LogP contribution < -0.4 is 5.73 Å². The predicted octanol–water partition coefficient (Wildman–Crippen LogP) is 2.76. The van der Waals surface area contributed by atoms with Crippen LogP contribution in [0.4, 0.5) is 0 Å². The highest BCUT2D eigenvalue weighted by molar-refractivity contribution is 5.86. The van der Waals surface area contributed by atoms with Crippen molar-refractivity contribution in [2.45, 2.75) is 31.3 Å². The number of rotatable bonds is 2. The molecule has 5 nitrogen and oxygen atoms in total. The number of amides is 1. The van der Waals surface area contributed by atoms with Gasteiger partial charge in [0.05, 0.1) is 12.1 Å². The Morgan fingerprint density at radius 3 is 2.60 bits per heavy atom. The van der Waals surface area contributed by atoms with Crippen LogP contribution in [-0.4, -0.2) is 36.1 Å². The molecule has 6 heteroatoms. The third kappa shape index (κ3) is 3.45. The van der Waals surface area contributed by atoms with Crippen molar-refractivity contribution < 1.29 is 13.9 Å². The van der Waals surface area contributed by atoms with E-state index in [1.165, 1.54) is 5.56 Å². The average Bonchev–Trinajstić information content (AvgIpc) is 3.05. The van der Waals surface area contributed by atoms with Crippen molar-refractivity contribution in [2.24, 2.45) is 5.73 Å². The standard InChI is InChI=1S/C19H22N2O3.ClH/c20-19(7-10-23-11-8-19)18(22)21-9-6-15-12-16(24-17(15)13-21)14-4-2-1-3-5-14;/h1-5,12H,6-11,13,20H2;1H. The molecule has 0 unspecified atom stereocenters. The molecule has 134 valence electrons. The first-order chi connectivity index (χ1) is 11.7. The number of hydrogen-bond acceptors (Lipinski definition) is 4. The molecule has 2 aromatic rings. The van der Waals surface area contributed by atoms with E-state index in [1.54, 1.807) is 0 Å². The lowest BCUT2D eigenvalue weighted by molar-refractivity contribution is -0.141. The Bertz CT molecular complexity index is 738. The molecular formula is C19H23ClN2O3. The van der Waals surface area contributed by atoms with Crippen LogP contribution in [0.5, 0.6) is 0 Å². The van der Waals surface area contributed by atoms with Gasteiger partial charge >= 0.3 is 0 Å². The van der Waals surface area contributed by atoms with Gasteiger partial charge in [0.1, 0.15) is 11.5 Å². The van der Waals surface area contributed by atoms with E-state index in [1.807, 2.05) is 35.2 Å². The maximum Gasteiger partial charge on any atom is 0.243 e. The van der Waals surface area contributed by atoms with Crippen LogP contribution >= 0.6 is 12.4 Å². The van der Waals surface area contributed by atoms with Crippen molar-refractivity contribution in [3.05, 3.63) is 47.7 Å². The summed E-state index contributed by atoms with van der Waals surface area (Å²) in [5, 5.41) is 0. The Kier molecular flexibility index (Phi) is 5.18. The van der Waals surface area contributed by atoms with Crippen molar-refractivity contribution >= 4 is 18.3 Å². The van der Waals surface area contributed by atoms with Gasteiger partial charge in [0.25, 0.3) is 0 Å². The lowest BCUT2D eigenvalue weighted by Crippen LogP contribution is -2.58. The van der Waals surface area contributed by atoms with Crippen molar-refractivity contribution in [1.82, 2.24) is 4.90 Å². The van der Waals surface area contributed by atoms with Crippen LogP contribution in [0.1, 0.15) is 24.2 Å². The molecule has 0 spiro atoms. The van der Waals surface area contributed by atoms with E-state index in [4.69, 9.17) is 14.9 Å². The summed E-state index contributed by atoms with van der Waals surface area (Å²) in [7, 11) is 0. The molecule has 0 atom stereocenters. The first-order valence-corrected chi connectivity index (χ1v) is 8.49. The number of hydrogen-bond donors (Lipinski definition) is 1. The molecular weight excluding hydrogens is 340 g/mol. The van der Waals surface area contributed by atoms with Gasteiger partial charge in [-0.05, 0) is 30.9 Å². The molecule has 1 aromatic heterocycles. The molecule has 25 heavy (non-hydrogen) atoms. The van der Waals surface area contributed by atoms with Gasteiger partial charge in [-0.1, -0.05) is 30.3 Å². The number of fused-ring (bicyclic) bond motifs is 1. The molecule has 3 heterocycles. The van der Waals surface area contributed by atoms with Gasteiger partial charge in [0.15, 0.2) is 0 Å². The molecule has 1 aromatic carbocycles. The Morgan fingerprint density at radius 2 is 1.88 bits per heavy atom. The van der Waals surface area contributed by atoms with Gasteiger partial charge in [-0.25, -0.2) is 0 Å². The minimum Gasteiger partial charge on any atom is -0.459 e. The molecule has 2 aliphatic rings. The van der Waals surface area contributed by atoms with Gasteiger partial charge < -0.3 is 19.8 Å². The third-order valence-electron chi connectivity index (χ3n) is 5.04. The number of nitrogens with two attached hydrogens (primary N) is 1. The fourth-order valence-corrected chi connectivity index (χ4v) is 3.50. The van der Waals surface area contributed by atoms with Crippen LogP contribution in [0.25, 0.3) is 11.3 Å². The first-order valence-electron chi connectivity index (χ1n) is 8.49. The molecule has 0 saturated carbocycles. The largest absolute Gasteiger partial charge is 0.459 e. The zero-order chi connectivity index (χ0) is 16.6. The quantitative estimate of drug-likeness (QED) is 0.891. The van der Waals surface area contributed by atoms with Gasteiger partial charge in [0.2, 0.25) is 5.91 Å². The Hall–Kier alpha value is -1.82. The predicted molar refractivity (Wildman–Crippen MR) is 97.5 cm³/mol. The second-order valence-electron chi connectivity index (χ2n) is 6.67. The zero-order valence-corrected chi connectivity index (χ0v) is 14.9. The fraction of sp³-hybridized carbons (Fsp3) is 0.421. The SMILES string of the molecule is Cl.NC1(C(=O)N2CCc3cc(-c4ccccc4)oc3C2)CCOCC1. The van der Waals surface area contributed by atoms with Crippen molar-refractivity contribution in [3.8, 4) is 11.3 Å². The summed E-state index contributed by atoms with van der Waals surface area (Å²) in [6, 6.07) is 12.1. The second kappa shape index (κ2) is 7.20. The number of nitrogens with zero attached hydrogens (tertiary/aromatic N) is 1. The number of ether oxygens (including phenoxy) is 1. The van der Waals surface area contributed by atoms with Gasteiger partial charge in [-0.15, -0.1) is 12.4 Å². The Morgan fingerprint density at radius 1 is 1.16 bits per heavy atom. The van der Waals surface area contributed by atoms with E-state index in [-0.39, 0.29) is 18.3 Å². The summed E-state index contributed by atoms with van der Waals surface area (Å²) in [5.74, 6) is 1.77. The molecule has 1 saturated heterocycles. The van der Waals surface area contributed by atoms with E-state index in [0.717, 1.165) is 23.5 Å². The smallest absolute Gasteiger partial charge is 0.243 e. The highest BCUT2D eigenvalue weighted by Crippen LogP contribution is 2.31. The summed E-state index contributed by atoms with van der Waals surface area (Å²) < 4.78 is 11.4. The minimum absolute atomic E-state index is 0. The lowest BCUT2D eigenvalue weighted by Gasteiger charge is -2.37. The number of halogens is 1. The molecule has 1 fully saturated rings. The number of furan rings is 1. The number of benzene rings is 1. The van der Waals surface area contributed by atoms with Gasteiger partial charge in [-0.2, -0.15) is 0 Å². The van der Waals surface area contributed by atoms with Crippen LogP contribution in [0.15, 0.2) is 40.8 Å². The topological polar surface area (TPSA) is 68.7 Å².